The van der Waals surface area contributed by atoms with Gasteiger partial charge in [-0.1, -0.05) is 15.9 Å². The molecular formula is C10H13BrFN. The molecule has 0 aliphatic rings. The van der Waals surface area contributed by atoms with Crippen LogP contribution in [0, 0.1) is 5.82 Å². The molecule has 0 unspecified atom stereocenters. The zero-order chi connectivity index (χ0) is 9.84. The Morgan fingerprint density at radius 3 is 2.69 bits per heavy atom. The topological polar surface area (TPSA) is 3.24 Å². The number of hydrogen-bond acceptors (Lipinski definition) is 1. The zero-order valence-electron chi connectivity index (χ0n) is 7.85. The molecule has 0 aliphatic carbocycles. The molecule has 3 heteroatoms. The third-order valence-corrected chi connectivity index (χ3v) is 2.61. The van der Waals surface area contributed by atoms with E-state index in [-0.39, 0.29) is 5.82 Å². The molecule has 13 heavy (non-hydrogen) atoms. The van der Waals surface area contributed by atoms with Crippen molar-refractivity contribution in [2.24, 2.45) is 0 Å². The summed E-state index contributed by atoms with van der Waals surface area (Å²) in [4.78, 5) is 2.08. The number of nitrogens with zero attached hydrogens (tertiary/aromatic N) is 1. The van der Waals surface area contributed by atoms with Crippen molar-refractivity contribution < 1.29 is 4.39 Å². The van der Waals surface area contributed by atoms with Gasteiger partial charge in [-0.25, -0.2) is 4.39 Å². The van der Waals surface area contributed by atoms with Gasteiger partial charge < -0.3 is 4.90 Å². The van der Waals surface area contributed by atoms with Crippen LogP contribution < -0.4 is 0 Å². The summed E-state index contributed by atoms with van der Waals surface area (Å²) in [5.74, 6) is -0.169. The van der Waals surface area contributed by atoms with E-state index in [4.69, 9.17) is 0 Å². The molecule has 72 valence electrons. The van der Waals surface area contributed by atoms with E-state index in [1.54, 1.807) is 12.1 Å². The lowest BCUT2D eigenvalue weighted by molar-refractivity contribution is 0.413. The van der Waals surface area contributed by atoms with Crippen molar-refractivity contribution in [2.45, 2.75) is 6.42 Å². The average Bonchev–Trinajstić information content (AvgIpc) is 2.06. The molecule has 0 spiro atoms. The van der Waals surface area contributed by atoms with Gasteiger partial charge in [-0.15, -0.1) is 0 Å². The molecule has 0 saturated carbocycles. The molecular weight excluding hydrogens is 233 g/mol. The molecule has 1 aromatic carbocycles. The minimum atomic E-state index is -0.169. The van der Waals surface area contributed by atoms with Crippen molar-refractivity contribution >= 4 is 15.9 Å². The Labute approximate surface area is 86.7 Å². The Morgan fingerprint density at radius 2 is 2.08 bits per heavy atom. The molecule has 1 nitrogen and oxygen atoms in total. The lowest BCUT2D eigenvalue weighted by Gasteiger charge is -2.10. The van der Waals surface area contributed by atoms with Crippen LogP contribution in [0.25, 0.3) is 0 Å². The first kappa shape index (κ1) is 10.7. The molecule has 0 atom stereocenters. The first-order chi connectivity index (χ1) is 6.09. The second-order valence-electron chi connectivity index (χ2n) is 3.29. The Balaban J connectivity index is 2.70. The molecule has 0 saturated heterocycles. The van der Waals surface area contributed by atoms with Crippen LogP contribution in [0.4, 0.5) is 4.39 Å². The fourth-order valence-electron chi connectivity index (χ4n) is 1.08. The molecule has 1 rings (SSSR count). The fourth-order valence-corrected chi connectivity index (χ4v) is 1.52. The maximum atomic E-state index is 12.8. The van der Waals surface area contributed by atoms with Gasteiger partial charge in [-0.3, -0.25) is 0 Å². The third kappa shape index (κ3) is 3.44. The van der Waals surface area contributed by atoms with Crippen LogP contribution in [0.5, 0.6) is 0 Å². The molecule has 0 N–H and O–H groups in total. The fraction of sp³-hybridized carbons (Fsp3) is 0.400. The van der Waals surface area contributed by atoms with Gasteiger partial charge in [0.05, 0.1) is 0 Å². The number of rotatable bonds is 3. The van der Waals surface area contributed by atoms with Gasteiger partial charge in [0.15, 0.2) is 0 Å². The van der Waals surface area contributed by atoms with Gasteiger partial charge in [0.25, 0.3) is 0 Å². The van der Waals surface area contributed by atoms with E-state index in [1.807, 2.05) is 14.1 Å². The Kier molecular flexibility index (Phi) is 3.88. The highest BCUT2D eigenvalue weighted by atomic mass is 79.9. The van der Waals surface area contributed by atoms with Gasteiger partial charge in [0, 0.05) is 11.0 Å². The summed E-state index contributed by atoms with van der Waals surface area (Å²) in [6.45, 7) is 0.933. The maximum absolute atomic E-state index is 12.8. The first-order valence-corrected chi connectivity index (χ1v) is 4.97. The highest BCUT2D eigenvalue weighted by Crippen LogP contribution is 2.18. The van der Waals surface area contributed by atoms with Crippen LogP contribution in [-0.4, -0.2) is 25.5 Å². The Hall–Kier alpha value is -0.410. The SMILES string of the molecule is CN(C)CCc1cc(F)ccc1Br. The summed E-state index contributed by atoms with van der Waals surface area (Å²) in [5.41, 5.74) is 1.02. The highest BCUT2D eigenvalue weighted by Gasteiger charge is 2.01. The van der Waals surface area contributed by atoms with Crippen LogP contribution in [0.15, 0.2) is 22.7 Å². The number of hydrogen-bond donors (Lipinski definition) is 0. The summed E-state index contributed by atoms with van der Waals surface area (Å²) < 4.78 is 13.8. The van der Waals surface area contributed by atoms with Crippen LogP contribution in [0.2, 0.25) is 0 Å². The van der Waals surface area contributed by atoms with Gasteiger partial charge in [-0.2, -0.15) is 0 Å². The van der Waals surface area contributed by atoms with E-state index in [1.165, 1.54) is 6.07 Å². The summed E-state index contributed by atoms with van der Waals surface area (Å²) in [7, 11) is 4.01. The van der Waals surface area contributed by atoms with Crippen molar-refractivity contribution in [3.63, 3.8) is 0 Å². The largest absolute Gasteiger partial charge is 0.309 e. The molecule has 0 bridgehead atoms. The van der Waals surface area contributed by atoms with Gasteiger partial charge >= 0.3 is 0 Å². The van der Waals surface area contributed by atoms with E-state index in [0.29, 0.717) is 0 Å². The van der Waals surface area contributed by atoms with Crippen molar-refractivity contribution in [3.05, 3.63) is 34.1 Å². The molecule has 0 heterocycles. The monoisotopic (exact) mass is 245 g/mol. The van der Waals surface area contributed by atoms with Crippen LogP contribution in [-0.2, 0) is 6.42 Å². The Bertz CT molecular complexity index is 286. The average molecular weight is 246 g/mol. The quantitative estimate of drug-likeness (QED) is 0.792. The van der Waals surface area contributed by atoms with Gasteiger partial charge in [-0.05, 0) is 44.3 Å². The maximum Gasteiger partial charge on any atom is 0.123 e. The van der Waals surface area contributed by atoms with E-state index in [2.05, 4.69) is 20.8 Å². The number of halogens is 2. The van der Waals surface area contributed by atoms with Crippen molar-refractivity contribution in [2.75, 3.05) is 20.6 Å². The predicted molar refractivity (Wildman–Crippen MR) is 56.4 cm³/mol. The minimum Gasteiger partial charge on any atom is -0.309 e. The van der Waals surface area contributed by atoms with E-state index in [0.717, 1.165) is 23.0 Å². The smallest absolute Gasteiger partial charge is 0.123 e. The van der Waals surface area contributed by atoms with Crippen LogP contribution >= 0.6 is 15.9 Å². The molecule has 1 aromatic rings. The molecule has 0 aliphatic heterocycles. The lowest BCUT2D eigenvalue weighted by atomic mass is 10.1. The molecule has 0 amide bonds. The van der Waals surface area contributed by atoms with Gasteiger partial charge in [0.1, 0.15) is 5.82 Å². The predicted octanol–water partition coefficient (Wildman–Crippen LogP) is 2.69. The number of benzene rings is 1. The van der Waals surface area contributed by atoms with Crippen LogP contribution in [0.3, 0.4) is 0 Å². The van der Waals surface area contributed by atoms with Crippen LogP contribution in [0.1, 0.15) is 5.56 Å². The second-order valence-corrected chi connectivity index (χ2v) is 4.14. The Morgan fingerprint density at radius 1 is 1.38 bits per heavy atom. The normalized spacial score (nSPS) is 10.8. The summed E-state index contributed by atoms with van der Waals surface area (Å²) in [6, 6.07) is 4.79. The standard InChI is InChI=1S/C10H13BrFN/c1-13(2)6-5-8-7-9(12)3-4-10(8)11/h3-4,7H,5-6H2,1-2H3. The first-order valence-electron chi connectivity index (χ1n) is 4.18. The number of likely N-dealkylation sites (N-methyl/N-ethyl adjacent to an activating group) is 1. The van der Waals surface area contributed by atoms with Crippen molar-refractivity contribution in [3.8, 4) is 0 Å². The molecule has 0 aromatic heterocycles. The minimum absolute atomic E-state index is 0.169. The summed E-state index contributed by atoms with van der Waals surface area (Å²) in [5, 5.41) is 0. The van der Waals surface area contributed by atoms with Crippen molar-refractivity contribution in [1.82, 2.24) is 4.90 Å². The third-order valence-electron chi connectivity index (χ3n) is 1.84. The highest BCUT2D eigenvalue weighted by molar-refractivity contribution is 9.10. The van der Waals surface area contributed by atoms with E-state index < -0.39 is 0 Å². The molecule has 0 fully saturated rings. The summed E-state index contributed by atoms with van der Waals surface area (Å²) >= 11 is 3.40. The lowest BCUT2D eigenvalue weighted by Crippen LogP contribution is -2.15. The second kappa shape index (κ2) is 4.72. The van der Waals surface area contributed by atoms with Gasteiger partial charge in [0.2, 0.25) is 0 Å². The van der Waals surface area contributed by atoms with Crippen molar-refractivity contribution in [1.29, 1.82) is 0 Å². The van der Waals surface area contributed by atoms with E-state index >= 15 is 0 Å². The van der Waals surface area contributed by atoms with E-state index in [9.17, 15) is 4.39 Å². The molecule has 0 radical (unpaired) electrons. The zero-order valence-corrected chi connectivity index (χ0v) is 9.44. The summed E-state index contributed by atoms with van der Waals surface area (Å²) in [6.07, 6.45) is 0.866.